The second-order valence-electron chi connectivity index (χ2n) is 2.46. The molecule has 0 aromatic rings. The molecule has 0 aromatic heterocycles. The Balaban J connectivity index is 2.36. The molecule has 0 spiro atoms. The lowest BCUT2D eigenvalue weighted by Crippen LogP contribution is -1.96. The Morgan fingerprint density at radius 1 is 1.86 bits per heavy atom. The van der Waals surface area contributed by atoms with Crippen LogP contribution in [0.4, 0.5) is 0 Å². The van der Waals surface area contributed by atoms with Crippen LogP contribution in [-0.4, -0.2) is 10.2 Å². The first-order chi connectivity index (χ1) is 3.19. The van der Waals surface area contributed by atoms with Crippen molar-refractivity contribution < 1.29 is 0 Å². The standard InChI is InChI=1S/C5H8Br2/c1-5(3-6)2-4(5)7/h4H,2-3H2,1H3/t4-,5+/m0/s1. The number of hydrogen-bond acceptors (Lipinski definition) is 0. The van der Waals surface area contributed by atoms with Crippen molar-refractivity contribution in [2.24, 2.45) is 5.41 Å². The summed E-state index contributed by atoms with van der Waals surface area (Å²) in [5, 5.41) is 1.13. The van der Waals surface area contributed by atoms with Crippen LogP contribution in [0.1, 0.15) is 13.3 Å². The lowest BCUT2D eigenvalue weighted by atomic mass is 10.2. The zero-order chi connectivity index (χ0) is 5.49. The molecule has 0 unspecified atom stereocenters. The van der Waals surface area contributed by atoms with Crippen LogP contribution >= 0.6 is 31.9 Å². The Morgan fingerprint density at radius 3 is 2.29 bits per heavy atom. The van der Waals surface area contributed by atoms with Gasteiger partial charge in [0.2, 0.25) is 0 Å². The molecule has 2 heteroatoms. The number of alkyl halides is 2. The van der Waals surface area contributed by atoms with E-state index in [-0.39, 0.29) is 0 Å². The summed E-state index contributed by atoms with van der Waals surface area (Å²) in [6.45, 7) is 2.28. The van der Waals surface area contributed by atoms with Gasteiger partial charge in [0.1, 0.15) is 0 Å². The number of hydrogen-bond donors (Lipinski definition) is 0. The van der Waals surface area contributed by atoms with E-state index >= 15 is 0 Å². The van der Waals surface area contributed by atoms with E-state index in [1.165, 1.54) is 6.42 Å². The van der Waals surface area contributed by atoms with E-state index in [0.717, 1.165) is 10.2 Å². The predicted octanol–water partition coefficient (Wildman–Crippen LogP) is 2.55. The van der Waals surface area contributed by atoms with E-state index in [4.69, 9.17) is 0 Å². The summed E-state index contributed by atoms with van der Waals surface area (Å²) in [5.74, 6) is 0. The summed E-state index contributed by atoms with van der Waals surface area (Å²) in [6.07, 6.45) is 1.33. The van der Waals surface area contributed by atoms with Crippen molar-refractivity contribution in [2.75, 3.05) is 5.33 Å². The Bertz CT molecular complexity index is 78.1. The van der Waals surface area contributed by atoms with Gasteiger partial charge in [-0.05, 0) is 11.8 Å². The maximum atomic E-state index is 3.53. The minimum absolute atomic E-state index is 0.583. The number of rotatable bonds is 1. The molecule has 42 valence electrons. The molecular weight excluding hydrogens is 220 g/mol. The van der Waals surface area contributed by atoms with Crippen LogP contribution in [0.25, 0.3) is 0 Å². The van der Waals surface area contributed by atoms with Crippen molar-refractivity contribution in [2.45, 2.75) is 18.2 Å². The quantitative estimate of drug-likeness (QED) is 0.605. The molecular formula is C5H8Br2. The van der Waals surface area contributed by atoms with Crippen LogP contribution in [0.2, 0.25) is 0 Å². The van der Waals surface area contributed by atoms with E-state index in [2.05, 4.69) is 38.8 Å². The molecule has 0 aromatic carbocycles. The zero-order valence-corrected chi connectivity index (χ0v) is 7.42. The minimum atomic E-state index is 0.583. The molecule has 2 atom stereocenters. The first-order valence-corrected chi connectivity index (χ1v) is 4.43. The average Bonchev–Trinajstić information content (AvgIpc) is 2.18. The summed E-state index contributed by atoms with van der Waals surface area (Å²) in [5.41, 5.74) is 0.583. The summed E-state index contributed by atoms with van der Waals surface area (Å²) >= 11 is 6.98. The topological polar surface area (TPSA) is 0 Å². The predicted molar refractivity (Wildman–Crippen MR) is 39.2 cm³/mol. The molecule has 1 rings (SSSR count). The molecule has 0 aliphatic heterocycles. The van der Waals surface area contributed by atoms with Crippen molar-refractivity contribution >= 4 is 31.9 Å². The highest BCUT2D eigenvalue weighted by Gasteiger charge is 2.47. The van der Waals surface area contributed by atoms with E-state index in [0.29, 0.717) is 5.41 Å². The molecule has 0 N–H and O–H groups in total. The smallest absolute Gasteiger partial charge is 0.0213 e. The van der Waals surface area contributed by atoms with Gasteiger partial charge >= 0.3 is 0 Å². The third-order valence-electron chi connectivity index (χ3n) is 1.55. The third kappa shape index (κ3) is 1.02. The van der Waals surface area contributed by atoms with Crippen LogP contribution in [0, 0.1) is 5.41 Å². The van der Waals surface area contributed by atoms with Crippen LogP contribution < -0.4 is 0 Å². The summed E-state index contributed by atoms with van der Waals surface area (Å²) in [6, 6.07) is 0. The average molecular weight is 228 g/mol. The Hall–Kier alpha value is 0.960. The van der Waals surface area contributed by atoms with Gasteiger partial charge in [-0.2, -0.15) is 0 Å². The molecule has 0 amide bonds. The summed E-state index contributed by atoms with van der Waals surface area (Å²) in [7, 11) is 0. The highest BCUT2D eigenvalue weighted by molar-refractivity contribution is 9.10. The SMILES string of the molecule is C[C@]1(CBr)C[C@@H]1Br. The van der Waals surface area contributed by atoms with Crippen LogP contribution in [0.15, 0.2) is 0 Å². The van der Waals surface area contributed by atoms with Gasteiger partial charge in [0.15, 0.2) is 0 Å². The lowest BCUT2D eigenvalue weighted by molar-refractivity contribution is 0.679. The summed E-state index contributed by atoms with van der Waals surface area (Å²) < 4.78 is 0. The first kappa shape index (κ1) is 6.09. The van der Waals surface area contributed by atoms with Crippen molar-refractivity contribution in [1.29, 1.82) is 0 Å². The fourth-order valence-corrected chi connectivity index (χ4v) is 2.44. The summed E-state index contributed by atoms with van der Waals surface area (Å²) in [4.78, 5) is 0.777. The normalized spacial score (nSPS) is 49.3. The minimum Gasteiger partial charge on any atom is -0.0922 e. The maximum absolute atomic E-state index is 3.53. The van der Waals surface area contributed by atoms with Crippen LogP contribution in [0.3, 0.4) is 0 Å². The molecule has 0 bridgehead atoms. The van der Waals surface area contributed by atoms with E-state index in [1.54, 1.807) is 0 Å². The van der Waals surface area contributed by atoms with Crippen LogP contribution in [-0.2, 0) is 0 Å². The monoisotopic (exact) mass is 226 g/mol. The Morgan fingerprint density at radius 2 is 2.29 bits per heavy atom. The molecule has 0 radical (unpaired) electrons. The lowest BCUT2D eigenvalue weighted by Gasteiger charge is -1.98. The van der Waals surface area contributed by atoms with Gasteiger partial charge in [-0.15, -0.1) is 0 Å². The molecule has 0 heterocycles. The van der Waals surface area contributed by atoms with Crippen molar-refractivity contribution in [3.05, 3.63) is 0 Å². The highest BCUT2D eigenvalue weighted by atomic mass is 79.9. The third-order valence-corrected chi connectivity index (χ3v) is 4.26. The van der Waals surface area contributed by atoms with Gasteiger partial charge in [0.25, 0.3) is 0 Å². The molecule has 1 fully saturated rings. The van der Waals surface area contributed by atoms with Crippen LogP contribution in [0.5, 0.6) is 0 Å². The van der Waals surface area contributed by atoms with E-state index in [9.17, 15) is 0 Å². The van der Waals surface area contributed by atoms with Gasteiger partial charge in [-0.1, -0.05) is 38.8 Å². The van der Waals surface area contributed by atoms with Gasteiger partial charge in [0, 0.05) is 10.2 Å². The van der Waals surface area contributed by atoms with Crippen molar-refractivity contribution in [3.8, 4) is 0 Å². The molecule has 1 aliphatic rings. The Kier molecular flexibility index (Phi) is 1.50. The second kappa shape index (κ2) is 1.73. The van der Waals surface area contributed by atoms with Gasteiger partial charge in [-0.25, -0.2) is 0 Å². The maximum Gasteiger partial charge on any atom is 0.0213 e. The van der Waals surface area contributed by atoms with Crippen molar-refractivity contribution in [1.82, 2.24) is 0 Å². The molecule has 1 aliphatic carbocycles. The van der Waals surface area contributed by atoms with Gasteiger partial charge in [0.05, 0.1) is 0 Å². The Labute approximate surface area is 60.9 Å². The molecule has 0 saturated heterocycles. The van der Waals surface area contributed by atoms with Crippen molar-refractivity contribution in [3.63, 3.8) is 0 Å². The fourth-order valence-electron chi connectivity index (χ4n) is 0.489. The number of halogens is 2. The largest absolute Gasteiger partial charge is 0.0922 e. The molecule has 1 saturated carbocycles. The van der Waals surface area contributed by atoms with Gasteiger partial charge in [-0.3, -0.25) is 0 Å². The molecule has 7 heavy (non-hydrogen) atoms. The van der Waals surface area contributed by atoms with Gasteiger partial charge < -0.3 is 0 Å². The zero-order valence-electron chi connectivity index (χ0n) is 4.25. The second-order valence-corrected chi connectivity index (χ2v) is 4.13. The fraction of sp³-hybridized carbons (Fsp3) is 1.00. The van der Waals surface area contributed by atoms with E-state index < -0.39 is 0 Å². The molecule has 0 nitrogen and oxygen atoms in total. The first-order valence-electron chi connectivity index (χ1n) is 2.39. The van der Waals surface area contributed by atoms with E-state index in [1.807, 2.05) is 0 Å². The highest BCUT2D eigenvalue weighted by Crippen LogP contribution is 2.51.